The van der Waals surface area contributed by atoms with Gasteiger partial charge in [0.2, 0.25) is 0 Å². The predicted molar refractivity (Wildman–Crippen MR) is 70.4 cm³/mol. The van der Waals surface area contributed by atoms with E-state index in [1.165, 1.54) is 5.56 Å². The number of halogens is 1. The van der Waals surface area contributed by atoms with E-state index in [0.717, 1.165) is 30.5 Å². The number of rotatable bonds is 7. The molecule has 1 atom stereocenters. The Bertz CT molecular complexity index is 284. The van der Waals surface area contributed by atoms with Gasteiger partial charge >= 0.3 is 0 Å². The first-order chi connectivity index (χ1) is 7.81. The van der Waals surface area contributed by atoms with E-state index >= 15 is 0 Å². The number of ether oxygens (including phenoxy) is 2. The van der Waals surface area contributed by atoms with Crippen molar-refractivity contribution in [3.63, 3.8) is 0 Å². The number of alkyl halides is 1. The maximum Gasteiger partial charge on any atom is 0.118 e. The second kappa shape index (κ2) is 7.69. The highest BCUT2D eigenvalue weighted by Gasteiger charge is 2.09. The molecule has 0 bridgehead atoms. The number of methoxy groups -OCH3 is 1. The van der Waals surface area contributed by atoms with Gasteiger partial charge in [-0.05, 0) is 24.1 Å². The molecule has 0 spiro atoms. The summed E-state index contributed by atoms with van der Waals surface area (Å²) < 4.78 is 10.9. The average Bonchev–Trinajstić information content (AvgIpc) is 2.35. The normalized spacial score (nSPS) is 12.4. The Morgan fingerprint density at radius 2 is 1.94 bits per heavy atom. The fourth-order valence-electron chi connectivity index (χ4n) is 1.42. The van der Waals surface area contributed by atoms with E-state index in [1.807, 2.05) is 12.1 Å². The minimum Gasteiger partial charge on any atom is -0.497 e. The Morgan fingerprint density at radius 1 is 1.25 bits per heavy atom. The zero-order valence-electron chi connectivity index (χ0n) is 9.91. The van der Waals surface area contributed by atoms with Gasteiger partial charge < -0.3 is 9.47 Å². The summed E-state index contributed by atoms with van der Waals surface area (Å²) in [5.41, 5.74) is 1.19. The van der Waals surface area contributed by atoms with Crippen LogP contribution in [0, 0.1) is 0 Å². The van der Waals surface area contributed by atoms with Crippen LogP contribution in [0.1, 0.15) is 31.4 Å². The van der Waals surface area contributed by atoms with Gasteiger partial charge in [0, 0.05) is 11.9 Å². The molecule has 3 heteroatoms. The minimum atomic E-state index is 0.137. The van der Waals surface area contributed by atoms with Crippen molar-refractivity contribution in [2.75, 3.05) is 19.0 Å². The van der Waals surface area contributed by atoms with E-state index < -0.39 is 0 Å². The van der Waals surface area contributed by atoms with Crippen LogP contribution in [0.5, 0.6) is 5.75 Å². The monoisotopic (exact) mass is 286 g/mol. The lowest BCUT2D eigenvalue weighted by atomic mass is 10.1. The Kier molecular flexibility index (Phi) is 6.50. The standard InChI is InChI=1S/C13H19BrO2/c1-3-4-9-16-13(10-14)11-5-7-12(15-2)8-6-11/h5-8,13H,3-4,9-10H2,1-2H3. The molecule has 0 heterocycles. The average molecular weight is 287 g/mol. The Hall–Kier alpha value is -0.540. The lowest BCUT2D eigenvalue weighted by molar-refractivity contribution is 0.0677. The van der Waals surface area contributed by atoms with Gasteiger partial charge in [-0.15, -0.1) is 0 Å². The summed E-state index contributed by atoms with van der Waals surface area (Å²) >= 11 is 3.48. The van der Waals surface area contributed by atoms with Gasteiger partial charge in [-0.25, -0.2) is 0 Å². The molecule has 1 aromatic rings. The maximum atomic E-state index is 5.80. The molecule has 0 saturated heterocycles. The van der Waals surface area contributed by atoms with Crippen molar-refractivity contribution in [2.45, 2.75) is 25.9 Å². The molecule has 0 amide bonds. The summed E-state index contributed by atoms with van der Waals surface area (Å²) in [7, 11) is 1.68. The van der Waals surface area contributed by atoms with Crippen LogP contribution in [0.3, 0.4) is 0 Å². The van der Waals surface area contributed by atoms with E-state index in [-0.39, 0.29) is 6.10 Å². The van der Waals surface area contributed by atoms with E-state index in [0.29, 0.717) is 0 Å². The fourth-order valence-corrected chi connectivity index (χ4v) is 1.98. The topological polar surface area (TPSA) is 18.5 Å². The Balaban J connectivity index is 2.56. The summed E-state index contributed by atoms with van der Waals surface area (Å²) in [4.78, 5) is 0. The third kappa shape index (κ3) is 4.14. The number of benzene rings is 1. The highest BCUT2D eigenvalue weighted by Crippen LogP contribution is 2.22. The number of hydrogen-bond donors (Lipinski definition) is 0. The third-order valence-corrected chi connectivity index (χ3v) is 3.03. The van der Waals surface area contributed by atoms with Crippen molar-refractivity contribution in [1.82, 2.24) is 0 Å². The van der Waals surface area contributed by atoms with E-state index in [9.17, 15) is 0 Å². The van der Waals surface area contributed by atoms with E-state index in [1.54, 1.807) is 7.11 Å². The summed E-state index contributed by atoms with van der Waals surface area (Å²) in [6.45, 7) is 2.98. The zero-order chi connectivity index (χ0) is 11.8. The van der Waals surface area contributed by atoms with Crippen LogP contribution in [-0.2, 0) is 4.74 Å². The molecule has 0 aliphatic carbocycles. The number of hydrogen-bond acceptors (Lipinski definition) is 2. The van der Waals surface area contributed by atoms with E-state index in [2.05, 4.69) is 35.0 Å². The van der Waals surface area contributed by atoms with Gasteiger partial charge in [-0.2, -0.15) is 0 Å². The molecule has 0 fully saturated rings. The first kappa shape index (κ1) is 13.5. The van der Waals surface area contributed by atoms with Crippen LogP contribution < -0.4 is 4.74 Å². The molecule has 1 rings (SSSR count). The molecule has 2 nitrogen and oxygen atoms in total. The molecular formula is C13H19BrO2. The summed E-state index contributed by atoms with van der Waals surface area (Å²) in [5.74, 6) is 0.880. The number of unbranched alkanes of at least 4 members (excludes halogenated alkanes) is 1. The van der Waals surface area contributed by atoms with Gasteiger partial charge in [-0.3, -0.25) is 0 Å². The molecule has 1 aromatic carbocycles. The Morgan fingerprint density at radius 3 is 2.44 bits per heavy atom. The molecule has 0 aromatic heterocycles. The summed E-state index contributed by atoms with van der Waals surface area (Å²) in [6, 6.07) is 8.04. The molecule has 0 radical (unpaired) electrons. The molecule has 0 aliphatic rings. The van der Waals surface area contributed by atoms with Crippen LogP contribution >= 0.6 is 15.9 Å². The smallest absolute Gasteiger partial charge is 0.118 e. The lowest BCUT2D eigenvalue weighted by Crippen LogP contribution is -2.06. The predicted octanol–water partition coefficient (Wildman–Crippen LogP) is 3.95. The van der Waals surface area contributed by atoms with Gasteiger partial charge in [0.1, 0.15) is 5.75 Å². The Labute approximate surface area is 106 Å². The van der Waals surface area contributed by atoms with Crippen LogP contribution in [0.25, 0.3) is 0 Å². The second-order valence-electron chi connectivity index (χ2n) is 3.64. The van der Waals surface area contributed by atoms with Gasteiger partial charge in [-0.1, -0.05) is 41.4 Å². The highest BCUT2D eigenvalue weighted by molar-refractivity contribution is 9.09. The van der Waals surface area contributed by atoms with Gasteiger partial charge in [0.15, 0.2) is 0 Å². The SMILES string of the molecule is CCCCOC(CBr)c1ccc(OC)cc1. The second-order valence-corrected chi connectivity index (χ2v) is 4.29. The van der Waals surface area contributed by atoms with Crippen LogP contribution in [0.2, 0.25) is 0 Å². The quantitative estimate of drug-likeness (QED) is 0.558. The molecule has 0 saturated carbocycles. The first-order valence-electron chi connectivity index (χ1n) is 5.63. The van der Waals surface area contributed by atoms with Crippen molar-refractivity contribution < 1.29 is 9.47 Å². The molecule has 0 N–H and O–H groups in total. The largest absolute Gasteiger partial charge is 0.497 e. The lowest BCUT2D eigenvalue weighted by Gasteiger charge is -2.15. The highest BCUT2D eigenvalue weighted by atomic mass is 79.9. The zero-order valence-corrected chi connectivity index (χ0v) is 11.5. The van der Waals surface area contributed by atoms with Crippen molar-refractivity contribution in [3.8, 4) is 5.75 Å². The van der Waals surface area contributed by atoms with Crippen molar-refractivity contribution >= 4 is 15.9 Å². The van der Waals surface area contributed by atoms with Crippen LogP contribution in [0.15, 0.2) is 24.3 Å². The summed E-state index contributed by atoms with van der Waals surface area (Å²) in [6.07, 6.45) is 2.41. The molecule has 90 valence electrons. The van der Waals surface area contributed by atoms with Gasteiger partial charge in [0.05, 0.1) is 13.2 Å². The maximum absolute atomic E-state index is 5.80. The third-order valence-electron chi connectivity index (χ3n) is 2.44. The summed E-state index contributed by atoms with van der Waals surface area (Å²) in [5, 5.41) is 0.822. The minimum absolute atomic E-state index is 0.137. The molecule has 16 heavy (non-hydrogen) atoms. The van der Waals surface area contributed by atoms with Crippen LogP contribution in [-0.4, -0.2) is 19.0 Å². The van der Waals surface area contributed by atoms with Crippen molar-refractivity contribution in [3.05, 3.63) is 29.8 Å². The van der Waals surface area contributed by atoms with E-state index in [4.69, 9.17) is 9.47 Å². The fraction of sp³-hybridized carbons (Fsp3) is 0.538. The first-order valence-corrected chi connectivity index (χ1v) is 6.75. The van der Waals surface area contributed by atoms with Crippen LogP contribution in [0.4, 0.5) is 0 Å². The molecule has 1 unspecified atom stereocenters. The van der Waals surface area contributed by atoms with Crippen molar-refractivity contribution in [1.29, 1.82) is 0 Å². The molecular weight excluding hydrogens is 268 g/mol. The van der Waals surface area contributed by atoms with Gasteiger partial charge in [0.25, 0.3) is 0 Å². The molecule has 0 aliphatic heterocycles. The van der Waals surface area contributed by atoms with Crippen molar-refractivity contribution in [2.24, 2.45) is 0 Å².